The number of ether oxygens (including phenoxy) is 1. The lowest BCUT2D eigenvalue weighted by atomic mass is 9.83. The normalized spacial score (nSPS) is 16.1. The first kappa shape index (κ1) is 33.9. The summed E-state index contributed by atoms with van der Waals surface area (Å²) in [5, 5.41) is 9.31. The fraction of sp³-hybridized carbons (Fsp3) is 0.0364. The number of aromatic nitrogens is 4. The number of furan rings is 1. The van der Waals surface area contributed by atoms with E-state index in [-0.39, 0.29) is 12.0 Å². The second-order valence-electron chi connectivity index (χ2n) is 16.3. The Labute approximate surface area is 358 Å². The predicted octanol–water partition coefficient (Wildman–Crippen LogP) is 14.2. The lowest BCUT2D eigenvalue weighted by molar-refractivity contribution is 0.271. The molecule has 0 bridgehead atoms. The summed E-state index contributed by atoms with van der Waals surface area (Å²) < 4.78 is 18.0. The molecule has 0 spiro atoms. The van der Waals surface area contributed by atoms with Crippen LogP contribution in [-0.4, -0.2) is 25.6 Å². The molecule has 7 heteroatoms. The summed E-state index contributed by atoms with van der Waals surface area (Å²) in [5.74, 6) is 2.56. The van der Waals surface area contributed by atoms with Gasteiger partial charge in [0, 0.05) is 69.7 Å². The minimum absolute atomic E-state index is 0.143. The van der Waals surface area contributed by atoms with Gasteiger partial charge in [-0.15, -0.1) is 11.3 Å². The van der Waals surface area contributed by atoms with E-state index >= 15 is 0 Å². The van der Waals surface area contributed by atoms with Crippen LogP contribution < -0.4 is 4.74 Å². The first-order valence-electron chi connectivity index (χ1n) is 20.9. The van der Waals surface area contributed by atoms with Crippen molar-refractivity contribution in [2.75, 3.05) is 0 Å². The first-order chi connectivity index (χ1) is 30.7. The van der Waals surface area contributed by atoms with Crippen molar-refractivity contribution < 1.29 is 9.15 Å². The Kier molecular flexibility index (Phi) is 7.01. The van der Waals surface area contributed by atoms with Gasteiger partial charge in [0.15, 0.2) is 17.5 Å². The van der Waals surface area contributed by atoms with E-state index < -0.39 is 0 Å². The van der Waals surface area contributed by atoms with Crippen molar-refractivity contribution in [2.24, 2.45) is 0 Å². The summed E-state index contributed by atoms with van der Waals surface area (Å²) >= 11 is 1.81. The Balaban J connectivity index is 1.03. The standard InChI is InChI=1S/C55H32N4O2S/c1-2-12-32-28-45-40(25-31(32)11-1)36-13-3-7-17-44(36)59(45)35-29-43(52-39-16-5-9-19-47(39)61-49(52)30-35)55-57-53(33-21-23-48-41(26-33)37-14-4-8-18-46(37)60-48)56-54(58-55)34-22-24-51-42(27-34)38-15-6-10-20-50(38)62-51/h1-30,49,52H. The maximum absolute atomic E-state index is 6.86. The Morgan fingerprint density at radius 3 is 2.03 bits per heavy atom. The Bertz CT molecular complexity index is 3810. The SMILES string of the molecule is C1=C(c2nc(-c3ccc4oc5ccccc5c4c3)nc(-c3ccc4sc5ccccc5c4c3)n2)C2c3ccccc3OC2C=C1n1c2ccccc2c2cc3ccccc3cc21. The molecule has 12 aromatic rings. The Hall–Kier alpha value is -7.87. The smallest absolute Gasteiger partial charge is 0.164 e. The number of benzene rings is 8. The molecule has 290 valence electrons. The third-order valence-electron chi connectivity index (χ3n) is 12.8. The zero-order valence-corrected chi connectivity index (χ0v) is 33.8. The van der Waals surface area contributed by atoms with Gasteiger partial charge in [-0.05, 0) is 95.7 Å². The van der Waals surface area contributed by atoms with Crippen LogP contribution in [0.4, 0.5) is 0 Å². The summed E-state index contributed by atoms with van der Waals surface area (Å²) in [5.41, 5.74) is 8.86. The average Bonchev–Trinajstić information content (AvgIpc) is 4.08. The van der Waals surface area contributed by atoms with Crippen molar-refractivity contribution in [2.45, 2.75) is 12.0 Å². The van der Waals surface area contributed by atoms with Crippen LogP contribution in [0.25, 0.3) is 109 Å². The van der Waals surface area contributed by atoms with Gasteiger partial charge in [-0.2, -0.15) is 0 Å². The van der Waals surface area contributed by atoms with Gasteiger partial charge in [-0.3, -0.25) is 0 Å². The van der Waals surface area contributed by atoms with Gasteiger partial charge in [0.1, 0.15) is 23.0 Å². The van der Waals surface area contributed by atoms with Crippen LogP contribution in [0.3, 0.4) is 0 Å². The third kappa shape index (κ3) is 5.00. The van der Waals surface area contributed by atoms with E-state index in [2.05, 4.69) is 156 Å². The maximum atomic E-state index is 6.86. The number of hydrogen-bond donors (Lipinski definition) is 0. The highest BCUT2D eigenvalue weighted by atomic mass is 32.1. The van der Waals surface area contributed by atoms with Crippen LogP contribution in [0.5, 0.6) is 5.75 Å². The van der Waals surface area contributed by atoms with Gasteiger partial charge >= 0.3 is 0 Å². The first-order valence-corrected chi connectivity index (χ1v) is 21.7. The van der Waals surface area contributed by atoms with Crippen LogP contribution in [0, 0.1) is 0 Å². The zero-order chi connectivity index (χ0) is 40.5. The van der Waals surface area contributed by atoms with Crippen molar-refractivity contribution in [1.82, 2.24) is 19.5 Å². The topological polar surface area (TPSA) is 66.0 Å². The zero-order valence-electron chi connectivity index (χ0n) is 33.0. The van der Waals surface area contributed by atoms with Crippen molar-refractivity contribution in [3.05, 3.63) is 193 Å². The van der Waals surface area contributed by atoms with Gasteiger partial charge in [0.25, 0.3) is 0 Å². The Morgan fingerprint density at radius 1 is 0.484 bits per heavy atom. The van der Waals surface area contributed by atoms with E-state index in [1.807, 2.05) is 30.3 Å². The van der Waals surface area contributed by atoms with E-state index in [1.165, 1.54) is 41.7 Å². The second kappa shape index (κ2) is 12.8. The van der Waals surface area contributed by atoms with Gasteiger partial charge in [0.05, 0.1) is 17.0 Å². The summed E-state index contributed by atoms with van der Waals surface area (Å²) in [6.45, 7) is 0. The summed E-state index contributed by atoms with van der Waals surface area (Å²) in [6, 6.07) is 59.9. The third-order valence-corrected chi connectivity index (χ3v) is 13.9. The van der Waals surface area contributed by atoms with Crippen LogP contribution in [0.15, 0.2) is 186 Å². The van der Waals surface area contributed by atoms with E-state index in [1.54, 1.807) is 11.3 Å². The summed E-state index contributed by atoms with van der Waals surface area (Å²) in [7, 11) is 0. The maximum Gasteiger partial charge on any atom is 0.164 e. The molecular weight excluding hydrogens is 781 g/mol. The highest BCUT2D eigenvalue weighted by Gasteiger charge is 2.40. The highest BCUT2D eigenvalue weighted by Crippen LogP contribution is 2.50. The summed E-state index contributed by atoms with van der Waals surface area (Å²) in [4.78, 5) is 16.2. The fourth-order valence-electron chi connectivity index (χ4n) is 9.95. The van der Waals surface area contributed by atoms with Crippen molar-refractivity contribution in [1.29, 1.82) is 0 Å². The van der Waals surface area contributed by atoms with Crippen LogP contribution in [-0.2, 0) is 0 Å². The molecule has 6 nitrogen and oxygen atoms in total. The quantitative estimate of drug-likeness (QED) is 0.177. The van der Waals surface area contributed by atoms with Crippen LogP contribution >= 0.6 is 11.3 Å². The monoisotopic (exact) mass is 812 g/mol. The second-order valence-corrected chi connectivity index (χ2v) is 17.4. The largest absolute Gasteiger partial charge is 0.485 e. The van der Waals surface area contributed by atoms with Crippen molar-refractivity contribution >= 4 is 97.3 Å². The molecule has 1 aliphatic carbocycles. The molecule has 0 radical (unpaired) electrons. The number of hydrogen-bond acceptors (Lipinski definition) is 6. The number of allylic oxidation sites excluding steroid dienone is 2. The van der Waals surface area contributed by atoms with Gasteiger partial charge in [-0.25, -0.2) is 15.0 Å². The number of fused-ring (bicyclic) bond motifs is 13. The number of para-hydroxylation sites is 3. The summed E-state index contributed by atoms with van der Waals surface area (Å²) in [6.07, 6.45) is 4.29. The molecule has 62 heavy (non-hydrogen) atoms. The van der Waals surface area contributed by atoms with E-state index in [4.69, 9.17) is 24.1 Å². The minimum atomic E-state index is -0.287. The molecule has 8 aromatic carbocycles. The lowest BCUT2D eigenvalue weighted by Crippen LogP contribution is -2.23. The molecule has 4 aromatic heterocycles. The molecule has 14 rings (SSSR count). The van der Waals surface area contributed by atoms with E-state index in [0.717, 1.165) is 66.7 Å². The molecular formula is C55H32N4O2S. The molecule has 0 saturated carbocycles. The number of nitrogens with zero attached hydrogens (tertiary/aromatic N) is 4. The van der Waals surface area contributed by atoms with E-state index in [0.29, 0.717) is 17.5 Å². The molecule has 2 aliphatic rings. The highest BCUT2D eigenvalue weighted by molar-refractivity contribution is 7.25. The predicted molar refractivity (Wildman–Crippen MR) is 254 cm³/mol. The number of thiophene rings is 1. The molecule has 2 atom stereocenters. The molecule has 1 aliphatic heterocycles. The lowest BCUT2D eigenvalue weighted by Gasteiger charge is -2.26. The molecule has 0 saturated heterocycles. The van der Waals surface area contributed by atoms with E-state index in [9.17, 15) is 0 Å². The average molecular weight is 813 g/mol. The molecule has 0 amide bonds. The molecule has 0 fully saturated rings. The van der Waals surface area contributed by atoms with Gasteiger partial charge in [0.2, 0.25) is 0 Å². The fourth-order valence-corrected chi connectivity index (χ4v) is 11.0. The van der Waals surface area contributed by atoms with Gasteiger partial charge < -0.3 is 13.7 Å². The van der Waals surface area contributed by atoms with Crippen molar-refractivity contribution in [3.63, 3.8) is 0 Å². The molecule has 0 N–H and O–H groups in total. The van der Waals surface area contributed by atoms with Crippen LogP contribution in [0.1, 0.15) is 17.3 Å². The molecule has 2 unspecified atom stereocenters. The Morgan fingerprint density at radius 2 is 1.15 bits per heavy atom. The van der Waals surface area contributed by atoms with Crippen molar-refractivity contribution in [3.8, 4) is 28.5 Å². The minimum Gasteiger partial charge on any atom is -0.485 e. The molecule has 5 heterocycles. The van der Waals surface area contributed by atoms with Gasteiger partial charge in [-0.1, -0.05) is 97.1 Å². The number of rotatable bonds is 4. The van der Waals surface area contributed by atoms with Crippen LogP contribution in [0.2, 0.25) is 0 Å².